The van der Waals surface area contributed by atoms with Gasteiger partial charge >= 0.3 is 0 Å². The highest BCUT2D eigenvalue weighted by molar-refractivity contribution is 7.98. The Balaban J connectivity index is 1.70. The van der Waals surface area contributed by atoms with Crippen LogP contribution in [0.5, 0.6) is 5.75 Å². The predicted octanol–water partition coefficient (Wildman–Crippen LogP) is 9.41. The first-order valence-corrected chi connectivity index (χ1v) is 20.0. The van der Waals surface area contributed by atoms with E-state index >= 15 is 4.39 Å². The fourth-order valence-corrected chi connectivity index (χ4v) is 9.13. The van der Waals surface area contributed by atoms with Crippen molar-refractivity contribution in [2.45, 2.75) is 67.8 Å². The monoisotopic (exact) mass is 795 g/mol. The van der Waals surface area contributed by atoms with E-state index in [1.165, 1.54) is 34.3 Å². The van der Waals surface area contributed by atoms with Gasteiger partial charge in [0.1, 0.15) is 23.1 Å². The van der Waals surface area contributed by atoms with Crippen molar-refractivity contribution in [3.05, 3.63) is 111 Å². The first-order valence-electron chi connectivity index (χ1n) is 16.8. The fourth-order valence-electron chi connectivity index (χ4n) is 5.80. The van der Waals surface area contributed by atoms with Crippen LogP contribution in [0.2, 0.25) is 10.0 Å². The van der Waals surface area contributed by atoms with E-state index in [0.717, 1.165) is 17.3 Å². The summed E-state index contributed by atoms with van der Waals surface area (Å²) in [5.41, 5.74) is 1.74. The lowest BCUT2D eigenvalue weighted by molar-refractivity contribution is -0.870. The van der Waals surface area contributed by atoms with Gasteiger partial charge in [-0.1, -0.05) is 61.8 Å². The molecule has 3 aromatic carbocycles. The molecule has 4 rings (SSSR count). The van der Waals surface area contributed by atoms with Crippen LogP contribution in [0, 0.1) is 11.6 Å². The third kappa shape index (κ3) is 9.50. The molecular formula is C38H47Cl2F2N4O4S2+. The molecule has 0 saturated heterocycles. The van der Waals surface area contributed by atoms with Crippen LogP contribution in [-0.4, -0.2) is 79.2 Å². The number of halogens is 4. The molecule has 0 amide bonds. The minimum Gasteiger partial charge on any atom is -0.511 e. The normalized spacial score (nSPS) is 13.5. The molecule has 1 heterocycles. The highest BCUT2D eigenvalue weighted by atomic mass is 35.5. The van der Waals surface area contributed by atoms with Crippen LogP contribution in [0.4, 0.5) is 8.78 Å². The summed E-state index contributed by atoms with van der Waals surface area (Å²) in [5, 5.41) is 11.6. The first kappa shape index (κ1) is 41.6. The summed E-state index contributed by atoms with van der Waals surface area (Å²) >= 11 is 14.2. The second-order valence-corrected chi connectivity index (χ2v) is 17.7. The van der Waals surface area contributed by atoms with Gasteiger partial charge in [0, 0.05) is 40.4 Å². The van der Waals surface area contributed by atoms with Gasteiger partial charge in [-0.2, -0.15) is 4.31 Å². The Bertz CT molecular complexity index is 1990. The first-order chi connectivity index (χ1) is 24.3. The smallest absolute Gasteiger partial charge is 0.243 e. The van der Waals surface area contributed by atoms with Crippen molar-refractivity contribution >= 4 is 45.0 Å². The quantitative estimate of drug-likeness (QED) is 0.0692. The molecule has 0 saturated carbocycles. The average Bonchev–Trinajstić information content (AvgIpc) is 3.50. The maximum Gasteiger partial charge on any atom is 0.243 e. The van der Waals surface area contributed by atoms with E-state index in [9.17, 15) is 17.9 Å². The summed E-state index contributed by atoms with van der Waals surface area (Å²) < 4.78 is 67.2. The number of quaternary nitrogens is 1. The number of imidazole rings is 1. The van der Waals surface area contributed by atoms with E-state index in [2.05, 4.69) is 0 Å². The van der Waals surface area contributed by atoms with E-state index in [4.69, 9.17) is 32.9 Å². The molecule has 1 aromatic heterocycles. The van der Waals surface area contributed by atoms with Crippen LogP contribution >= 0.6 is 35.0 Å². The standard InChI is InChI=1S/C38H46Cl2F2N4O4S2/c1-9-11-34(47)25(2)44(18-10-19-46(5,6)7)52(48,49)29-21-32(40)30(33(42)22-29)24-51-37-43-23-36(45(37)28-15-13-27(41)14-16-28)38(3,4)26-12-17-31(39)35(20-26)50-8/h11-17,20-23,25H,9-10,18-19,24H2,1-8H3/p+1/b34-11+. The molecule has 0 aliphatic heterocycles. The molecule has 0 radical (unpaired) electrons. The zero-order valence-electron chi connectivity index (χ0n) is 30.8. The number of ether oxygens (including phenoxy) is 1. The minimum absolute atomic E-state index is 0.0154. The summed E-state index contributed by atoms with van der Waals surface area (Å²) in [6.07, 6.45) is 4.32. The number of allylic oxidation sites excluding steroid dienone is 1. The number of aliphatic hydroxyl groups is 1. The van der Waals surface area contributed by atoms with Crippen LogP contribution in [0.1, 0.15) is 57.4 Å². The van der Waals surface area contributed by atoms with E-state index in [-0.39, 0.29) is 33.5 Å². The van der Waals surface area contributed by atoms with Crippen LogP contribution in [0.25, 0.3) is 5.69 Å². The predicted molar refractivity (Wildman–Crippen MR) is 206 cm³/mol. The van der Waals surface area contributed by atoms with Crippen LogP contribution in [0.3, 0.4) is 0 Å². The Kier molecular flexibility index (Phi) is 13.5. The Morgan fingerprint density at radius 3 is 2.37 bits per heavy atom. The van der Waals surface area contributed by atoms with Gasteiger partial charge in [0.15, 0.2) is 5.16 Å². The molecule has 0 aliphatic rings. The van der Waals surface area contributed by atoms with E-state index in [1.54, 1.807) is 44.5 Å². The molecule has 1 N–H and O–H groups in total. The average molecular weight is 797 g/mol. The summed E-state index contributed by atoms with van der Waals surface area (Å²) in [6.45, 7) is 8.28. The SMILES string of the molecule is CC/C=C(/O)C(C)N(CCC[N+](C)(C)C)S(=O)(=O)c1cc(F)c(CSc2ncc(C(C)(C)c3ccc(Cl)c(OC)c3)n2-c2ccc(F)cc2)c(Cl)c1. The molecule has 4 aromatic rings. The zero-order valence-corrected chi connectivity index (χ0v) is 33.9. The number of thioether (sulfide) groups is 1. The number of hydrogen-bond donors (Lipinski definition) is 1. The summed E-state index contributed by atoms with van der Waals surface area (Å²) in [5.74, 6) is -0.740. The Morgan fingerprint density at radius 1 is 1.10 bits per heavy atom. The topological polar surface area (TPSA) is 84.7 Å². The second kappa shape index (κ2) is 16.9. The Labute approximate surface area is 320 Å². The number of aliphatic hydroxyl groups excluding tert-OH is 1. The molecule has 0 fully saturated rings. The van der Waals surface area contributed by atoms with Crippen molar-refractivity contribution in [3.8, 4) is 11.4 Å². The van der Waals surface area contributed by atoms with Gasteiger partial charge in [-0.05, 0) is 73.5 Å². The van der Waals surface area contributed by atoms with Crippen molar-refractivity contribution in [3.63, 3.8) is 0 Å². The Hall–Kier alpha value is -3.13. The lowest BCUT2D eigenvalue weighted by Crippen LogP contribution is -2.43. The number of methoxy groups -OCH3 is 1. The van der Waals surface area contributed by atoms with Gasteiger partial charge in [0.05, 0.1) is 62.6 Å². The highest BCUT2D eigenvalue weighted by Crippen LogP contribution is 2.40. The lowest BCUT2D eigenvalue weighted by Gasteiger charge is -2.30. The van der Waals surface area contributed by atoms with Crippen LogP contribution in [0.15, 0.2) is 82.7 Å². The largest absolute Gasteiger partial charge is 0.511 e. The number of benzene rings is 3. The minimum atomic E-state index is -4.27. The molecule has 0 aliphatic carbocycles. The number of nitrogens with zero attached hydrogens (tertiary/aromatic N) is 4. The van der Waals surface area contributed by atoms with Crippen molar-refractivity contribution in [2.24, 2.45) is 0 Å². The third-order valence-electron chi connectivity index (χ3n) is 8.87. The summed E-state index contributed by atoms with van der Waals surface area (Å²) in [7, 11) is 3.29. The van der Waals surface area contributed by atoms with Crippen LogP contribution < -0.4 is 4.74 Å². The van der Waals surface area contributed by atoms with E-state index < -0.39 is 33.1 Å². The molecule has 0 spiro atoms. The lowest BCUT2D eigenvalue weighted by atomic mass is 9.81. The maximum absolute atomic E-state index is 15.9. The maximum atomic E-state index is 15.9. The second-order valence-electron chi connectivity index (χ2n) is 14.1. The Morgan fingerprint density at radius 2 is 1.77 bits per heavy atom. The third-order valence-corrected chi connectivity index (χ3v) is 12.5. The van der Waals surface area contributed by atoms with Crippen molar-refractivity contribution < 1.29 is 31.5 Å². The van der Waals surface area contributed by atoms with Crippen molar-refractivity contribution in [1.29, 1.82) is 0 Å². The van der Waals surface area contributed by atoms with Crippen LogP contribution in [-0.2, 0) is 21.2 Å². The fraction of sp³-hybridized carbons (Fsp3) is 0.395. The molecular weight excluding hydrogens is 749 g/mol. The molecule has 1 unspecified atom stereocenters. The number of sulfonamides is 1. The van der Waals surface area contributed by atoms with Gasteiger partial charge in [-0.15, -0.1) is 0 Å². The summed E-state index contributed by atoms with van der Waals surface area (Å²) in [4.78, 5) is 4.39. The molecule has 14 heteroatoms. The number of rotatable bonds is 16. The molecule has 0 bridgehead atoms. The van der Waals surface area contributed by atoms with Gasteiger partial charge in [0.25, 0.3) is 0 Å². The van der Waals surface area contributed by atoms with Gasteiger partial charge in [-0.3, -0.25) is 4.57 Å². The van der Waals surface area contributed by atoms with Crippen molar-refractivity contribution in [1.82, 2.24) is 13.9 Å². The van der Waals surface area contributed by atoms with E-state index in [1.807, 2.05) is 58.6 Å². The molecule has 282 valence electrons. The number of aromatic nitrogens is 2. The molecule has 8 nitrogen and oxygen atoms in total. The van der Waals surface area contributed by atoms with Gasteiger partial charge < -0.3 is 14.3 Å². The van der Waals surface area contributed by atoms with Gasteiger partial charge in [0.2, 0.25) is 10.0 Å². The molecule has 1 atom stereocenters. The summed E-state index contributed by atoms with van der Waals surface area (Å²) in [6, 6.07) is 12.9. The van der Waals surface area contributed by atoms with E-state index in [0.29, 0.717) is 45.5 Å². The number of hydrogen-bond acceptors (Lipinski definition) is 6. The zero-order chi connectivity index (χ0) is 38.6. The highest BCUT2D eigenvalue weighted by Gasteiger charge is 2.34. The van der Waals surface area contributed by atoms with Crippen molar-refractivity contribution in [2.75, 3.05) is 41.3 Å². The van der Waals surface area contributed by atoms with Gasteiger partial charge in [-0.25, -0.2) is 22.2 Å². The molecule has 52 heavy (non-hydrogen) atoms.